The van der Waals surface area contributed by atoms with Gasteiger partial charge in [-0.1, -0.05) is 0 Å². The van der Waals surface area contributed by atoms with Gasteiger partial charge in [0.05, 0.1) is 13.2 Å². The number of ether oxygens (including phenoxy) is 1. The maximum absolute atomic E-state index is 11.0. The van der Waals surface area contributed by atoms with Gasteiger partial charge < -0.3 is 15.4 Å². The molecule has 0 spiro atoms. The normalized spacial score (nSPS) is 11.9. The van der Waals surface area contributed by atoms with E-state index in [0.29, 0.717) is 0 Å². The Kier molecular flexibility index (Phi) is 5.03. The molecule has 5 nitrogen and oxygen atoms in total. The van der Waals surface area contributed by atoms with Crippen LogP contribution in [0.15, 0.2) is 0 Å². The van der Waals surface area contributed by atoms with Crippen molar-refractivity contribution >= 4 is 11.9 Å². The topological polar surface area (TPSA) is 67.4 Å². The van der Waals surface area contributed by atoms with E-state index in [1.165, 1.54) is 7.11 Å². The molecule has 0 saturated heterocycles. The third kappa shape index (κ3) is 3.92. The minimum atomic E-state index is -0.452. The van der Waals surface area contributed by atoms with Crippen LogP contribution in [0, 0.1) is 0 Å². The Bertz CT molecular complexity index is 170. The maximum Gasteiger partial charge on any atom is 0.325 e. The first-order valence-electron chi connectivity index (χ1n) is 3.63. The molecule has 0 aliphatic rings. The summed E-state index contributed by atoms with van der Waals surface area (Å²) in [5.41, 5.74) is 0. The molecule has 0 bridgehead atoms. The van der Waals surface area contributed by atoms with Crippen molar-refractivity contribution in [2.45, 2.75) is 13.0 Å². The average molecular weight is 174 g/mol. The van der Waals surface area contributed by atoms with Crippen LogP contribution in [-0.2, 0) is 14.3 Å². The summed E-state index contributed by atoms with van der Waals surface area (Å²) in [6, 6.07) is -0.297. The SMILES string of the molecule is CN[C@@H](C)C(=O)NCC(=O)OC. The Labute approximate surface area is 71.5 Å². The van der Waals surface area contributed by atoms with Crippen LogP contribution in [0.5, 0.6) is 0 Å². The molecule has 5 heteroatoms. The highest BCUT2D eigenvalue weighted by atomic mass is 16.5. The van der Waals surface area contributed by atoms with E-state index in [2.05, 4.69) is 15.4 Å². The van der Waals surface area contributed by atoms with Crippen molar-refractivity contribution in [2.75, 3.05) is 20.7 Å². The van der Waals surface area contributed by atoms with Crippen LogP contribution in [0.4, 0.5) is 0 Å². The Morgan fingerprint density at radius 1 is 1.50 bits per heavy atom. The monoisotopic (exact) mass is 174 g/mol. The molecule has 0 rings (SSSR count). The van der Waals surface area contributed by atoms with E-state index < -0.39 is 5.97 Å². The number of nitrogens with one attached hydrogen (secondary N) is 2. The standard InChI is InChI=1S/C7H14N2O3/c1-5(8-2)7(11)9-4-6(10)12-3/h5,8H,4H2,1-3H3,(H,9,11)/t5-/m0/s1. The fraction of sp³-hybridized carbons (Fsp3) is 0.714. The van der Waals surface area contributed by atoms with E-state index in [-0.39, 0.29) is 18.5 Å². The quantitative estimate of drug-likeness (QED) is 0.530. The summed E-state index contributed by atoms with van der Waals surface area (Å²) in [5, 5.41) is 5.15. The number of methoxy groups -OCH3 is 1. The number of hydrogen-bond acceptors (Lipinski definition) is 4. The lowest BCUT2D eigenvalue weighted by Crippen LogP contribution is -2.42. The minimum Gasteiger partial charge on any atom is -0.468 e. The lowest BCUT2D eigenvalue weighted by molar-refractivity contribution is -0.141. The lowest BCUT2D eigenvalue weighted by Gasteiger charge is -2.09. The van der Waals surface area contributed by atoms with Crippen molar-refractivity contribution in [1.82, 2.24) is 10.6 Å². The molecule has 0 aromatic carbocycles. The van der Waals surface area contributed by atoms with Crippen LogP contribution in [0.25, 0.3) is 0 Å². The second-order valence-corrected chi connectivity index (χ2v) is 2.30. The number of carbonyl (C=O) groups excluding carboxylic acids is 2. The van der Waals surface area contributed by atoms with Crippen LogP contribution in [0.1, 0.15) is 6.92 Å². The highest BCUT2D eigenvalue weighted by Crippen LogP contribution is 1.79. The third-order valence-corrected chi connectivity index (χ3v) is 1.46. The molecule has 0 aromatic rings. The van der Waals surface area contributed by atoms with Crippen molar-refractivity contribution in [2.24, 2.45) is 0 Å². The molecule has 12 heavy (non-hydrogen) atoms. The van der Waals surface area contributed by atoms with Gasteiger partial charge in [0.25, 0.3) is 0 Å². The fourth-order valence-electron chi connectivity index (χ4n) is 0.516. The average Bonchev–Trinajstić information content (AvgIpc) is 2.11. The summed E-state index contributed by atoms with van der Waals surface area (Å²) in [6.07, 6.45) is 0. The van der Waals surface area contributed by atoms with Crippen LogP contribution >= 0.6 is 0 Å². The Morgan fingerprint density at radius 2 is 2.08 bits per heavy atom. The number of hydrogen-bond donors (Lipinski definition) is 2. The lowest BCUT2D eigenvalue weighted by atomic mass is 10.3. The van der Waals surface area contributed by atoms with Gasteiger partial charge in [0.1, 0.15) is 6.54 Å². The van der Waals surface area contributed by atoms with Crippen molar-refractivity contribution in [1.29, 1.82) is 0 Å². The van der Waals surface area contributed by atoms with Crippen LogP contribution in [-0.4, -0.2) is 38.6 Å². The number of carbonyl (C=O) groups is 2. The summed E-state index contributed by atoms with van der Waals surface area (Å²) in [7, 11) is 2.94. The van der Waals surface area contributed by atoms with Gasteiger partial charge in [-0.25, -0.2) is 0 Å². The van der Waals surface area contributed by atoms with Gasteiger partial charge in [0.2, 0.25) is 5.91 Å². The van der Waals surface area contributed by atoms with E-state index in [0.717, 1.165) is 0 Å². The van der Waals surface area contributed by atoms with E-state index >= 15 is 0 Å². The molecular weight excluding hydrogens is 160 g/mol. The first kappa shape index (κ1) is 10.9. The second kappa shape index (κ2) is 5.54. The number of likely N-dealkylation sites (N-methyl/N-ethyl adjacent to an activating group) is 1. The van der Waals surface area contributed by atoms with Gasteiger partial charge in [-0.05, 0) is 14.0 Å². The molecular formula is C7H14N2O3. The summed E-state index contributed by atoms with van der Waals surface area (Å²) >= 11 is 0. The first-order chi connectivity index (χ1) is 5.61. The van der Waals surface area contributed by atoms with E-state index in [9.17, 15) is 9.59 Å². The molecule has 70 valence electrons. The van der Waals surface area contributed by atoms with Crippen molar-refractivity contribution in [3.05, 3.63) is 0 Å². The minimum absolute atomic E-state index is 0.0820. The highest BCUT2D eigenvalue weighted by Gasteiger charge is 2.10. The summed E-state index contributed by atoms with van der Waals surface area (Å²) in [5.74, 6) is -0.672. The molecule has 0 aromatic heterocycles. The van der Waals surface area contributed by atoms with Gasteiger partial charge >= 0.3 is 5.97 Å². The second-order valence-electron chi connectivity index (χ2n) is 2.30. The van der Waals surface area contributed by atoms with Crippen molar-refractivity contribution in [3.63, 3.8) is 0 Å². The van der Waals surface area contributed by atoms with Gasteiger partial charge in [0.15, 0.2) is 0 Å². The van der Waals surface area contributed by atoms with Gasteiger partial charge in [0, 0.05) is 0 Å². The maximum atomic E-state index is 11.0. The highest BCUT2D eigenvalue weighted by molar-refractivity contribution is 5.85. The van der Waals surface area contributed by atoms with Crippen molar-refractivity contribution < 1.29 is 14.3 Å². The van der Waals surface area contributed by atoms with Gasteiger partial charge in [-0.3, -0.25) is 9.59 Å². The van der Waals surface area contributed by atoms with Crippen molar-refractivity contribution in [3.8, 4) is 0 Å². The largest absolute Gasteiger partial charge is 0.468 e. The molecule has 0 heterocycles. The Hall–Kier alpha value is -1.10. The number of rotatable bonds is 4. The summed E-state index contributed by atoms with van der Waals surface area (Å²) in [4.78, 5) is 21.6. The van der Waals surface area contributed by atoms with Crippen LogP contribution in [0.3, 0.4) is 0 Å². The first-order valence-corrected chi connectivity index (χ1v) is 3.63. The predicted molar refractivity (Wildman–Crippen MR) is 43.5 cm³/mol. The molecule has 0 saturated carbocycles. The molecule has 0 fully saturated rings. The van der Waals surface area contributed by atoms with E-state index in [1.807, 2.05) is 0 Å². The fourth-order valence-corrected chi connectivity index (χ4v) is 0.516. The molecule has 0 unspecified atom stereocenters. The number of amides is 1. The molecule has 0 aliphatic heterocycles. The molecule has 1 atom stereocenters. The van der Waals surface area contributed by atoms with Gasteiger partial charge in [-0.2, -0.15) is 0 Å². The zero-order valence-corrected chi connectivity index (χ0v) is 7.51. The predicted octanol–water partition coefficient (Wildman–Crippen LogP) is -1.12. The van der Waals surface area contributed by atoms with E-state index in [1.54, 1.807) is 14.0 Å². The van der Waals surface area contributed by atoms with Crippen LogP contribution in [0.2, 0.25) is 0 Å². The molecule has 1 amide bonds. The smallest absolute Gasteiger partial charge is 0.325 e. The Balaban J connectivity index is 3.64. The molecule has 0 aliphatic carbocycles. The molecule has 2 N–H and O–H groups in total. The zero-order valence-electron chi connectivity index (χ0n) is 7.51. The Morgan fingerprint density at radius 3 is 2.50 bits per heavy atom. The zero-order chi connectivity index (χ0) is 9.56. The third-order valence-electron chi connectivity index (χ3n) is 1.46. The summed E-state index contributed by atoms with van der Waals surface area (Å²) < 4.78 is 4.34. The molecule has 0 radical (unpaired) electrons. The summed E-state index contributed by atoms with van der Waals surface area (Å²) in [6.45, 7) is 1.62. The number of esters is 1. The van der Waals surface area contributed by atoms with Gasteiger partial charge in [-0.15, -0.1) is 0 Å². The van der Waals surface area contributed by atoms with Crippen LogP contribution < -0.4 is 10.6 Å². The van der Waals surface area contributed by atoms with E-state index in [4.69, 9.17) is 0 Å².